The molecule has 0 aliphatic heterocycles. The van der Waals surface area contributed by atoms with E-state index >= 15 is 0 Å². The molecule has 3 aromatic rings. The summed E-state index contributed by atoms with van der Waals surface area (Å²) in [7, 11) is -1.43. The molecule has 0 amide bonds. The first-order chi connectivity index (χ1) is 16.7. The Morgan fingerprint density at radius 2 is 0.765 bits per heavy atom. The van der Waals surface area contributed by atoms with Gasteiger partial charge in [0.25, 0.3) is 0 Å². The van der Waals surface area contributed by atoms with Crippen LogP contribution < -0.4 is 15.3 Å². The van der Waals surface area contributed by atoms with Crippen molar-refractivity contribution < 1.29 is 14.4 Å². The van der Waals surface area contributed by atoms with Crippen molar-refractivity contribution >= 4 is 27.2 Å². The first-order valence-electron chi connectivity index (χ1n) is 11.3. The van der Waals surface area contributed by atoms with Crippen molar-refractivity contribution in [3.05, 3.63) is 108 Å². The Balaban J connectivity index is 1.73. The van der Waals surface area contributed by atoms with Gasteiger partial charge in [-0.1, -0.05) is 91.0 Å². The van der Waals surface area contributed by atoms with E-state index in [-0.39, 0.29) is 0 Å². The highest BCUT2D eigenvalue weighted by molar-refractivity contribution is 7.51. The van der Waals surface area contributed by atoms with Gasteiger partial charge in [0, 0.05) is 0 Å². The second-order valence-electron chi connectivity index (χ2n) is 8.02. The maximum atomic E-state index is 11.9. The highest BCUT2D eigenvalue weighted by Gasteiger charge is 2.23. The van der Waals surface area contributed by atoms with Crippen LogP contribution in [0.2, 0.25) is 0 Å². The number of nitrogens with one attached hydrogen (secondary N) is 3. The van der Waals surface area contributed by atoms with Crippen LogP contribution in [0.1, 0.15) is 16.7 Å². The van der Waals surface area contributed by atoms with Crippen molar-refractivity contribution in [3.63, 3.8) is 0 Å². The molecule has 0 bridgehead atoms. The van der Waals surface area contributed by atoms with Gasteiger partial charge in [-0.3, -0.25) is 15.3 Å². The van der Waals surface area contributed by atoms with Gasteiger partial charge < -0.3 is 14.4 Å². The fourth-order valence-corrected chi connectivity index (χ4v) is 5.26. The third-order valence-electron chi connectivity index (χ3n) is 5.27. The fourth-order valence-electron chi connectivity index (χ4n) is 3.59. The molecule has 7 heteroatoms. The third-order valence-corrected chi connectivity index (χ3v) is 7.04. The van der Waals surface area contributed by atoms with Gasteiger partial charge in [-0.15, -0.1) is 0 Å². The number of aldehydes is 3. The van der Waals surface area contributed by atoms with Gasteiger partial charge in [0.05, 0.1) is 18.1 Å². The maximum Gasteiger partial charge on any atom is 0.137 e. The molecule has 0 aliphatic rings. The molecule has 3 N–H and O–H groups in total. The lowest BCUT2D eigenvalue weighted by Crippen LogP contribution is -2.45. The summed E-state index contributed by atoms with van der Waals surface area (Å²) in [5.41, 5.74) is 3.07. The average Bonchev–Trinajstić information content (AvgIpc) is 2.89. The summed E-state index contributed by atoms with van der Waals surface area (Å²) < 4.78 is 0. The van der Waals surface area contributed by atoms with Crippen molar-refractivity contribution in [1.29, 1.82) is 0 Å². The van der Waals surface area contributed by atoms with E-state index < -0.39 is 26.5 Å². The van der Waals surface area contributed by atoms with E-state index in [0.717, 1.165) is 35.5 Å². The number of rotatable bonds is 15. The lowest BCUT2D eigenvalue weighted by molar-refractivity contribution is -0.109. The molecular weight excluding hydrogens is 445 g/mol. The van der Waals surface area contributed by atoms with Crippen molar-refractivity contribution in [2.24, 2.45) is 0 Å². The van der Waals surface area contributed by atoms with E-state index in [0.29, 0.717) is 19.3 Å². The van der Waals surface area contributed by atoms with Crippen LogP contribution in [0.25, 0.3) is 0 Å². The zero-order valence-corrected chi connectivity index (χ0v) is 19.8. The molecule has 176 valence electrons. The molecule has 3 rings (SSSR count). The Morgan fingerprint density at radius 3 is 1.00 bits per heavy atom. The molecule has 0 radical (unpaired) electrons. The van der Waals surface area contributed by atoms with Gasteiger partial charge >= 0.3 is 0 Å². The molecule has 0 spiro atoms. The fraction of sp³-hybridized carbons (Fsp3) is 0.222. The summed E-state index contributed by atoms with van der Waals surface area (Å²) in [5, 5.41) is 9.93. The summed E-state index contributed by atoms with van der Waals surface area (Å²) in [6.07, 6.45) is 4.11. The van der Waals surface area contributed by atoms with Crippen molar-refractivity contribution in [2.45, 2.75) is 37.4 Å². The van der Waals surface area contributed by atoms with E-state index in [1.165, 1.54) is 0 Å². The SMILES string of the molecule is O=C[C@H](Cc1ccccc1)NP(N[C@H](C=O)Cc1ccccc1)N[C@H](C=O)Cc1ccccc1. The van der Waals surface area contributed by atoms with Crippen LogP contribution in [0.5, 0.6) is 0 Å². The molecule has 34 heavy (non-hydrogen) atoms. The highest BCUT2D eigenvalue weighted by Crippen LogP contribution is 2.24. The largest absolute Gasteiger partial charge is 0.302 e. The molecular formula is C27H30N3O3P. The number of hydrogen-bond donors (Lipinski definition) is 3. The van der Waals surface area contributed by atoms with E-state index in [9.17, 15) is 14.4 Å². The molecule has 0 fully saturated rings. The third kappa shape index (κ3) is 8.73. The smallest absolute Gasteiger partial charge is 0.137 e. The Morgan fingerprint density at radius 1 is 0.500 bits per heavy atom. The summed E-state index contributed by atoms with van der Waals surface area (Å²) in [5.74, 6) is 0. The van der Waals surface area contributed by atoms with Crippen LogP contribution in [0.3, 0.4) is 0 Å². The standard InChI is InChI=1S/C27H30N3O3P/c31-19-25(16-22-10-4-1-5-11-22)28-34(29-26(20-32)17-23-12-6-2-7-13-23)30-27(21-33)18-24-14-8-3-9-15-24/h1-15,19-21,25-30H,16-18H2/t25-,26-,27-/m0/s1. The Labute approximate surface area is 202 Å². The Hall–Kier alpha value is -3.02. The zero-order valence-electron chi connectivity index (χ0n) is 18.9. The molecule has 0 aliphatic carbocycles. The van der Waals surface area contributed by atoms with Gasteiger partial charge in [-0.25, -0.2) is 0 Å². The molecule has 0 unspecified atom stereocenters. The summed E-state index contributed by atoms with van der Waals surface area (Å²) in [6, 6.07) is 27.7. The average molecular weight is 476 g/mol. The van der Waals surface area contributed by atoms with E-state index in [1.807, 2.05) is 91.0 Å². The van der Waals surface area contributed by atoms with Gasteiger partial charge in [0.1, 0.15) is 27.2 Å². The first-order valence-corrected chi connectivity index (χ1v) is 12.6. The van der Waals surface area contributed by atoms with E-state index in [2.05, 4.69) is 15.3 Å². The number of benzene rings is 3. The summed E-state index contributed by atoms with van der Waals surface area (Å²) in [4.78, 5) is 35.7. The molecule has 3 atom stereocenters. The maximum absolute atomic E-state index is 11.9. The van der Waals surface area contributed by atoms with Crippen molar-refractivity contribution in [2.75, 3.05) is 0 Å². The normalized spacial score (nSPS) is 13.7. The molecule has 6 nitrogen and oxygen atoms in total. The monoisotopic (exact) mass is 475 g/mol. The van der Waals surface area contributed by atoms with Gasteiger partial charge in [0.2, 0.25) is 0 Å². The second kappa shape index (κ2) is 14.3. The topological polar surface area (TPSA) is 87.3 Å². The molecule has 3 aromatic carbocycles. The Bertz CT molecular complexity index is 873. The van der Waals surface area contributed by atoms with Crippen LogP contribution >= 0.6 is 8.37 Å². The number of carbonyl (C=O) groups excluding carboxylic acids is 3. The highest BCUT2D eigenvalue weighted by atomic mass is 31.1. The molecule has 0 aromatic heterocycles. The first kappa shape index (κ1) is 25.6. The van der Waals surface area contributed by atoms with Gasteiger partial charge in [-0.2, -0.15) is 0 Å². The minimum Gasteiger partial charge on any atom is -0.302 e. The predicted octanol–water partition coefficient (Wildman–Crippen LogP) is 3.41. The van der Waals surface area contributed by atoms with E-state index in [1.54, 1.807) is 0 Å². The second-order valence-corrected chi connectivity index (χ2v) is 9.47. The minimum atomic E-state index is -1.43. The molecule has 0 saturated carbocycles. The molecule has 0 heterocycles. The van der Waals surface area contributed by atoms with Crippen LogP contribution in [0.4, 0.5) is 0 Å². The van der Waals surface area contributed by atoms with Crippen LogP contribution in [0.15, 0.2) is 91.0 Å². The number of carbonyl (C=O) groups is 3. The number of hydrogen-bond acceptors (Lipinski definition) is 6. The summed E-state index contributed by atoms with van der Waals surface area (Å²) in [6.45, 7) is 0. The minimum absolute atomic E-state index is 0.485. The lowest BCUT2D eigenvalue weighted by atomic mass is 10.1. The van der Waals surface area contributed by atoms with Crippen LogP contribution in [-0.2, 0) is 33.6 Å². The van der Waals surface area contributed by atoms with Crippen molar-refractivity contribution in [3.8, 4) is 0 Å². The lowest BCUT2D eigenvalue weighted by Gasteiger charge is -2.29. The molecule has 0 saturated heterocycles. The van der Waals surface area contributed by atoms with Crippen LogP contribution in [0, 0.1) is 0 Å². The van der Waals surface area contributed by atoms with Crippen molar-refractivity contribution in [1.82, 2.24) is 15.3 Å². The predicted molar refractivity (Wildman–Crippen MR) is 136 cm³/mol. The van der Waals surface area contributed by atoms with Gasteiger partial charge in [-0.05, 0) is 36.0 Å². The van der Waals surface area contributed by atoms with Gasteiger partial charge in [0.15, 0.2) is 0 Å². The van der Waals surface area contributed by atoms with Crippen LogP contribution in [-0.4, -0.2) is 37.0 Å². The quantitative estimate of drug-likeness (QED) is 0.231. The van der Waals surface area contributed by atoms with E-state index in [4.69, 9.17) is 0 Å². The summed E-state index contributed by atoms with van der Waals surface area (Å²) >= 11 is 0. The zero-order chi connectivity index (χ0) is 24.0. The Kier molecular flexibility index (Phi) is 10.8.